The van der Waals surface area contributed by atoms with Gasteiger partial charge < -0.3 is 14.8 Å². The molecule has 22 heavy (non-hydrogen) atoms. The average molecular weight is 304 g/mol. The lowest BCUT2D eigenvalue weighted by atomic mass is 10.2. The molecule has 0 saturated carbocycles. The van der Waals surface area contributed by atoms with E-state index in [2.05, 4.69) is 5.32 Å². The Labute approximate surface area is 125 Å². The molecule has 0 aliphatic carbocycles. The maximum atomic E-state index is 12.1. The van der Waals surface area contributed by atoms with Crippen molar-refractivity contribution in [2.45, 2.75) is 6.43 Å². The van der Waals surface area contributed by atoms with Crippen LogP contribution in [0.2, 0.25) is 0 Å². The fraction of sp³-hybridized carbons (Fsp3) is 0.214. The van der Waals surface area contributed by atoms with Crippen molar-refractivity contribution in [2.24, 2.45) is 0 Å². The number of hydrogen-bond donors (Lipinski definition) is 1. The lowest BCUT2D eigenvalue weighted by Gasteiger charge is -2.12. The molecule has 1 aromatic rings. The smallest absolute Gasteiger partial charge is 0.272 e. The highest BCUT2D eigenvalue weighted by Gasteiger charge is 2.11. The third-order valence-corrected chi connectivity index (χ3v) is 2.38. The van der Waals surface area contributed by atoms with Gasteiger partial charge in [-0.15, -0.1) is 0 Å². The molecule has 0 bridgehead atoms. The number of methoxy groups -OCH3 is 1. The quantitative estimate of drug-likeness (QED) is 0.810. The largest absolute Gasteiger partial charge is 0.493 e. The van der Waals surface area contributed by atoms with Crippen molar-refractivity contribution in [1.82, 2.24) is 0 Å². The molecule has 0 radical (unpaired) electrons. The molecule has 0 aromatic heterocycles. The van der Waals surface area contributed by atoms with Crippen LogP contribution >= 0.6 is 0 Å². The number of hydrogen-bond acceptors (Lipinski definition) is 6. The molecular formula is C14H10F2N4O2. The van der Waals surface area contributed by atoms with Crippen LogP contribution in [0.25, 0.3) is 0 Å². The second-order valence-corrected chi connectivity index (χ2v) is 3.78. The first-order valence-corrected chi connectivity index (χ1v) is 5.86. The Morgan fingerprint density at radius 3 is 2.36 bits per heavy atom. The molecule has 0 saturated heterocycles. The molecule has 0 unspecified atom stereocenters. The highest BCUT2D eigenvalue weighted by molar-refractivity contribution is 5.62. The van der Waals surface area contributed by atoms with Gasteiger partial charge in [0.2, 0.25) is 0 Å². The van der Waals surface area contributed by atoms with Crippen molar-refractivity contribution in [3.05, 3.63) is 29.5 Å². The molecule has 0 fully saturated rings. The van der Waals surface area contributed by atoms with E-state index < -0.39 is 13.0 Å². The van der Waals surface area contributed by atoms with Gasteiger partial charge in [-0.1, -0.05) is 0 Å². The van der Waals surface area contributed by atoms with Crippen LogP contribution < -0.4 is 14.8 Å². The lowest BCUT2D eigenvalue weighted by molar-refractivity contribution is 0.0804. The first-order valence-electron chi connectivity index (χ1n) is 5.86. The van der Waals surface area contributed by atoms with Crippen LogP contribution in [0.3, 0.4) is 0 Å². The molecule has 8 heteroatoms. The Bertz CT molecular complexity index is 680. The predicted octanol–water partition coefficient (Wildman–Crippen LogP) is 2.58. The molecule has 1 rings (SSSR count). The number of rotatable bonds is 6. The molecule has 0 aliphatic heterocycles. The van der Waals surface area contributed by atoms with Gasteiger partial charge in [0.05, 0.1) is 7.11 Å². The van der Waals surface area contributed by atoms with Gasteiger partial charge in [0.1, 0.15) is 30.5 Å². The van der Waals surface area contributed by atoms with Crippen LogP contribution in [-0.2, 0) is 0 Å². The number of alkyl halides is 2. The molecule has 0 aliphatic rings. The number of allylic oxidation sites excluding steroid dienone is 2. The highest BCUT2D eigenvalue weighted by Crippen LogP contribution is 2.31. The van der Waals surface area contributed by atoms with Crippen molar-refractivity contribution < 1.29 is 18.3 Å². The van der Waals surface area contributed by atoms with E-state index in [4.69, 9.17) is 25.3 Å². The van der Waals surface area contributed by atoms with Crippen molar-refractivity contribution in [2.75, 3.05) is 19.0 Å². The fourth-order valence-electron chi connectivity index (χ4n) is 1.44. The Morgan fingerprint density at radius 2 is 1.86 bits per heavy atom. The van der Waals surface area contributed by atoms with E-state index in [0.717, 1.165) is 0 Å². The molecule has 112 valence electrons. The van der Waals surface area contributed by atoms with Gasteiger partial charge in [0.15, 0.2) is 17.1 Å². The second kappa shape index (κ2) is 8.08. The van der Waals surface area contributed by atoms with E-state index in [1.54, 1.807) is 18.2 Å². The van der Waals surface area contributed by atoms with Crippen molar-refractivity contribution in [3.8, 4) is 29.7 Å². The zero-order valence-electron chi connectivity index (χ0n) is 11.4. The van der Waals surface area contributed by atoms with Crippen LogP contribution in [0.15, 0.2) is 29.5 Å². The Hall–Kier alpha value is -3.31. The second-order valence-electron chi connectivity index (χ2n) is 3.78. The molecule has 1 aromatic carbocycles. The summed E-state index contributed by atoms with van der Waals surface area (Å²) in [7, 11) is 1.32. The minimum Gasteiger partial charge on any atom is -0.493 e. The van der Waals surface area contributed by atoms with Crippen molar-refractivity contribution in [3.63, 3.8) is 0 Å². The van der Waals surface area contributed by atoms with Gasteiger partial charge in [-0.2, -0.15) is 15.8 Å². The SMILES string of the molecule is COc1cc(NC(C#N)=C(C#N)C#N)ccc1OCC(F)F. The van der Waals surface area contributed by atoms with Crippen LogP contribution in [0.5, 0.6) is 11.5 Å². The Kier molecular flexibility index (Phi) is 6.15. The average Bonchev–Trinajstić information content (AvgIpc) is 2.53. The van der Waals surface area contributed by atoms with E-state index in [9.17, 15) is 8.78 Å². The summed E-state index contributed by atoms with van der Waals surface area (Å²) < 4.78 is 34.2. The van der Waals surface area contributed by atoms with Gasteiger partial charge >= 0.3 is 0 Å². The summed E-state index contributed by atoms with van der Waals surface area (Å²) in [4.78, 5) is 0. The topological polar surface area (TPSA) is 102 Å². The lowest BCUT2D eigenvalue weighted by Crippen LogP contribution is -2.08. The van der Waals surface area contributed by atoms with E-state index >= 15 is 0 Å². The number of halogens is 2. The summed E-state index contributed by atoms with van der Waals surface area (Å²) in [6.45, 7) is -0.778. The van der Waals surface area contributed by atoms with Crippen LogP contribution in [-0.4, -0.2) is 20.1 Å². The zero-order valence-corrected chi connectivity index (χ0v) is 11.4. The van der Waals surface area contributed by atoms with Crippen LogP contribution in [0.1, 0.15) is 0 Å². The minimum absolute atomic E-state index is 0.108. The Morgan fingerprint density at radius 1 is 1.18 bits per heavy atom. The van der Waals surface area contributed by atoms with E-state index in [1.807, 2.05) is 0 Å². The van der Waals surface area contributed by atoms with Crippen molar-refractivity contribution >= 4 is 5.69 Å². The van der Waals surface area contributed by atoms with Crippen molar-refractivity contribution in [1.29, 1.82) is 15.8 Å². The third kappa shape index (κ3) is 4.36. The number of nitrogens with one attached hydrogen (secondary N) is 1. The number of ether oxygens (including phenoxy) is 2. The van der Waals surface area contributed by atoms with Gasteiger partial charge in [0, 0.05) is 11.8 Å². The number of anilines is 1. The maximum absolute atomic E-state index is 12.1. The Balaban J connectivity index is 3.05. The molecule has 6 nitrogen and oxygen atoms in total. The number of benzene rings is 1. The highest BCUT2D eigenvalue weighted by atomic mass is 19.3. The summed E-state index contributed by atoms with van der Waals surface area (Å²) in [5, 5.41) is 29.0. The normalized spacial score (nSPS) is 9.14. The molecule has 1 N–H and O–H groups in total. The van der Waals surface area contributed by atoms with E-state index in [1.165, 1.54) is 25.3 Å². The number of nitriles is 3. The zero-order chi connectivity index (χ0) is 16.5. The summed E-state index contributed by atoms with van der Waals surface area (Å²) in [5.41, 5.74) is -0.270. The van der Waals surface area contributed by atoms with Gasteiger partial charge in [-0.25, -0.2) is 8.78 Å². The molecule has 0 spiro atoms. The van der Waals surface area contributed by atoms with Gasteiger partial charge in [-0.05, 0) is 12.1 Å². The van der Waals surface area contributed by atoms with Gasteiger partial charge in [0.25, 0.3) is 6.43 Å². The summed E-state index contributed by atoms with van der Waals surface area (Å²) in [6, 6.07) is 9.08. The van der Waals surface area contributed by atoms with E-state index in [0.29, 0.717) is 5.69 Å². The van der Waals surface area contributed by atoms with E-state index in [-0.39, 0.29) is 22.8 Å². The third-order valence-electron chi connectivity index (χ3n) is 2.38. The minimum atomic E-state index is -2.62. The summed E-state index contributed by atoms with van der Waals surface area (Å²) in [5.74, 6) is 0.273. The number of nitrogens with zero attached hydrogens (tertiary/aromatic N) is 3. The van der Waals surface area contributed by atoms with Crippen LogP contribution in [0.4, 0.5) is 14.5 Å². The van der Waals surface area contributed by atoms with Gasteiger partial charge in [-0.3, -0.25) is 0 Å². The predicted molar refractivity (Wildman–Crippen MR) is 72.0 cm³/mol. The monoisotopic (exact) mass is 304 g/mol. The fourth-order valence-corrected chi connectivity index (χ4v) is 1.44. The molecule has 0 heterocycles. The first kappa shape index (κ1) is 16.7. The summed E-state index contributed by atoms with van der Waals surface area (Å²) in [6.07, 6.45) is -2.62. The molecule has 0 atom stereocenters. The molecular weight excluding hydrogens is 294 g/mol. The standard InChI is InChI=1S/C14H10F2N4O2/c1-21-13-4-10(2-3-12(13)22-8-14(15)16)20-11(7-19)9(5-17)6-18/h2-4,14,20H,8H2,1H3. The van der Waals surface area contributed by atoms with Crippen LogP contribution in [0, 0.1) is 34.0 Å². The maximum Gasteiger partial charge on any atom is 0.272 e. The molecule has 0 amide bonds. The summed E-state index contributed by atoms with van der Waals surface area (Å²) >= 11 is 0. The first-order chi connectivity index (χ1) is 10.5.